The number of amides is 1. The van der Waals surface area contributed by atoms with E-state index < -0.39 is 0 Å². The van der Waals surface area contributed by atoms with Gasteiger partial charge in [-0.05, 0) is 32.1 Å². The third-order valence-electron chi connectivity index (χ3n) is 4.09. The Hall–Kier alpha value is -1.69. The first-order chi connectivity index (χ1) is 10.6. The SMILES string of the molecule is COCCCNC(=O)c1cnc(N2CCC(C)CC2)nc1C. The molecule has 2 heterocycles. The Labute approximate surface area is 132 Å². The Bertz CT molecular complexity index is 499. The van der Waals surface area contributed by atoms with Crippen LogP contribution in [0, 0.1) is 12.8 Å². The van der Waals surface area contributed by atoms with Gasteiger partial charge in [-0.25, -0.2) is 9.97 Å². The van der Waals surface area contributed by atoms with E-state index in [1.54, 1.807) is 13.3 Å². The van der Waals surface area contributed by atoms with Crippen LogP contribution in [-0.2, 0) is 4.74 Å². The first-order valence-corrected chi connectivity index (χ1v) is 7.97. The zero-order valence-electron chi connectivity index (χ0n) is 13.8. The fraction of sp³-hybridized carbons (Fsp3) is 0.688. The topological polar surface area (TPSA) is 67.3 Å². The van der Waals surface area contributed by atoms with Crippen LogP contribution in [0.25, 0.3) is 0 Å². The molecule has 1 amide bonds. The molecule has 0 bridgehead atoms. The lowest BCUT2D eigenvalue weighted by molar-refractivity contribution is 0.0947. The van der Waals surface area contributed by atoms with Crippen molar-refractivity contribution < 1.29 is 9.53 Å². The van der Waals surface area contributed by atoms with E-state index in [1.807, 2.05) is 6.92 Å². The Morgan fingerprint density at radius 1 is 1.45 bits per heavy atom. The predicted octanol–water partition coefficient (Wildman–Crippen LogP) is 1.79. The molecule has 0 saturated carbocycles. The van der Waals surface area contributed by atoms with Crippen LogP contribution in [0.1, 0.15) is 42.2 Å². The fourth-order valence-electron chi connectivity index (χ4n) is 2.55. The molecule has 1 saturated heterocycles. The van der Waals surface area contributed by atoms with E-state index in [0.717, 1.165) is 37.1 Å². The van der Waals surface area contributed by atoms with Gasteiger partial charge in [-0.2, -0.15) is 0 Å². The summed E-state index contributed by atoms with van der Waals surface area (Å²) in [6.45, 7) is 7.36. The zero-order chi connectivity index (χ0) is 15.9. The molecule has 0 atom stereocenters. The number of nitrogens with one attached hydrogen (secondary N) is 1. The molecular formula is C16H26N4O2. The average Bonchev–Trinajstić information content (AvgIpc) is 2.52. The molecule has 0 aromatic carbocycles. The van der Waals surface area contributed by atoms with Crippen molar-refractivity contribution >= 4 is 11.9 Å². The molecule has 1 aliphatic heterocycles. The number of rotatable bonds is 6. The van der Waals surface area contributed by atoms with Crippen molar-refractivity contribution in [2.24, 2.45) is 5.92 Å². The first kappa shape index (κ1) is 16.7. The van der Waals surface area contributed by atoms with Crippen LogP contribution in [0.4, 0.5) is 5.95 Å². The van der Waals surface area contributed by atoms with Gasteiger partial charge in [0.2, 0.25) is 5.95 Å². The molecule has 2 rings (SSSR count). The van der Waals surface area contributed by atoms with Crippen LogP contribution >= 0.6 is 0 Å². The summed E-state index contributed by atoms with van der Waals surface area (Å²) < 4.78 is 4.96. The second-order valence-electron chi connectivity index (χ2n) is 5.94. The number of hydrogen-bond donors (Lipinski definition) is 1. The molecule has 0 radical (unpaired) electrons. The number of nitrogens with zero attached hydrogens (tertiary/aromatic N) is 3. The number of methoxy groups -OCH3 is 1. The maximum Gasteiger partial charge on any atom is 0.254 e. The molecule has 0 unspecified atom stereocenters. The van der Waals surface area contributed by atoms with Gasteiger partial charge < -0.3 is 15.0 Å². The van der Waals surface area contributed by atoms with Gasteiger partial charge in [-0.1, -0.05) is 6.92 Å². The lowest BCUT2D eigenvalue weighted by Crippen LogP contribution is -2.34. The summed E-state index contributed by atoms with van der Waals surface area (Å²) in [7, 11) is 1.65. The van der Waals surface area contributed by atoms with Crippen molar-refractivity contribution in [1.29, 1.82) is 0 Å². The summed E-state index contributed by atoms with van der Waals surface area (Å²) in [6.07, 6.45) is 4.78. The molecule has 1 fully saturated rings. The summed E-state index contributed by atoms with van der Waals surface area (Å²) in [5, 5.41) is 2.87. The zero-order valence-corrected chi connectivity index (χ0v) is 13.8. The molecule has 0 aliphatic carbocycles. The minimum Gasteiger partial charge on any atom is -0.385 e. The fourth-order valence-corrected chi connectivity index (χ4v) is 2.55. The van der Waals surface area contributed by atoms with Crippen molar-refractivity contribution in [1.82, 2.24) is 15.3 Å². The molecule has 6 heteroatoms. The summed E-state index contributed by atoms with van der Waals surface area (Å²) in [6, 6.07) is 0. The van der Waals surface area contributed by atoms with Crippen LogP contribution < -0.4 is 10.2 Å². The van der Waals surface area contributed by atoms with Gasteiger partial charge in [0.05, 0.1) is 11.3 Å². The Morgan fingerprint density at radius 2 is 2.18 bits per heavy atom. The number of anilines is 1. The van der Waals surface area contributed by atoms with Crippen molar-refractivity contribution in [2.75, 3.05) is 38.3 Å². The second kappa shape index (κ2) is 8.08. The van der Waals surface area contributed by atoms with Crippen molar-refractivity contribution in [2.45, 2.75) is 33.1 Å². The summed E-state index contributed by atoms with van der Waals surface area (Å²) >= 11 is 0. The lowest BCUT2D eigenvalue weighted by atomic mass is 10.00. The maximum absolute atomic E-state index is 12.1. The second-order valence-corrected chi connectivity index (χ2v) is 5.94. The van der Waals surface area contributed by atoms with Gasteiger partial charge in [-0.3, -0.25) is 4.79 Å². The van der Waals surface area contributed by atoms with Crippen molar-refractivity contribution in [3.8, 4) is 0 Å². The lowest BCUT2D eigenvalue weighted by Gasteiger charge is -2.30. The number of aromatic nitrogens is 2. The number of carbonyl (C=O) groups excluding carboxylic acids is 1. The van der Waals surface area contributed by atoms with E-state index >= 15 is 0 Å². The third kappa shape index (κ3) is 4.40. The van der Waals surface area contributed by atoms with Crippen molar-refractivity contribution in [3.05, 3.63) is 17.5 Å². The monoisotopic (exact) mass is 306 g/mol. The predicted molar refractivity (Wildman–Crippen MR) is 86.2 cm³/mol. The molecule has 1 aromatic heterocycles. The standard InChI is InChI=1S/C16H26N4O2/c1-12-5-8-20(9-6-12)16-18-11-14(13(2)19-16)15(21)17-7-4-10-22-3/h11-12H,4-10H2,1-3H3,(H,17,21). The highest BCUT2D eigenvalue weighted by Crippen LogP contribution is 2.20. The molecule has 122 valence electrons. The van der Waals surface area contributed by atoms with Gasteiger partial charge in [0.1, 0.15) is 0 Å². The summed E-state index contributed by atoms with van der Waals surface area (Å²) in [5.74, 6) is 1.39. The van der Waals surface area contributed by atoms with E-state index in [9.17, 15) is 4.79 Å². The molecular weight excluding hydrogens is 280 g/mol. The number of hydrogen-bond acceptors (Lipinski definition) is 5. The number of aryl methyl sites for hydroxylation is 1. The van der Waals surface area contributed by atoms with Gasteiger partial charge in [0.25, 0.3) is 5.91 Å². The molecule has 6 nitrogen and oxygen atoms in total. The van der Waals surface area contributed by atoms with E-state index in [1.165, 1.54) is 12.8 Å². The Kier molecular flexibility index (Phi) is 6.12. The normalized spacial score (nSPS) is 15.9. The third-order valence-corrected chi connectivity index (χ3v) is 4.09. The van der Waals surface area contributed by atoms with E-state index in [-0.39, 0.29) is 5.91 Å². The largest absolute Gasteiger partial charge is 0.385 e. The van der Waals surface area contributed by atoms with Crippen LogP contribution in [0.2, 0.25) is 0 Å². The number of ether oxygens (including phenoxy) is 1. The van der Waals surface area contributed by atoms with E-state index in [2.05, 4.69) is 27.1 Å². The van der Waals surface area contributed by atoms with Crippen LogP contribution in [-0.4, -0.2) is 49.2 Å². The van der Waals surface area contributed by atoms with E-state index in [4.69, 9.17) is 4.74 Å². The molecule has 1 N–H and O–H groups in total. The van der Waals surface area contributed by atoms with Crippen LogP contribution in [0.3, 0.4) is 0 Å². The maximum atomic E-state index is 12.1. The number of carbonyl (C=O) groups is 1. The van der Waals surface area contributed by atoms with Gasteiger partial charge in [0, 0.05) is 39.5 Å². The highest BCUT2D eigenvalue weighted by atomic mass is 16.5. The van der Waals surface area contributed by atoms with Gasteiger partial charge in [-0.15, -0.1) is 0 Å². The molecule has 1 aromatic rings. The quantitative estimate of drug-likeness (QED) is 0.812. The first-order valence-electron chi connectivity index (χ1n) is 7.97. The van der Waals surface area contributed by atoms with Crippen molar-refractivity contribution in [3.63, 3.8) is 0 Å². The Balaban J connectivity index is 1.95. The minimum atomic E-state index is -0.118. The number of piperidine rings is 1. The summed E-state index contributed by atoms with van der Waals surface area (Å²) in [5.41, 5.74) is 1.28. The molecule has 0 spiro atoms. The highest BCUT2D eigenvalue weighted by Gasteiger charge is 2.19. The minimum absolute atomic E-state index is 0.118. The van der Waals surface area contributed by atoms with Crippen LogP contribution in [0.5, 0.6) is 0 Å². The van der Waals surface area contributed by atoms with Crippen LogP contribution in [0.15, 0.2) is 6.20 Å². The summed E-state index contributed by atoms with van der Waals surface area (Å²) in [4.78, 5) is 23.2. The van der Waals surface area contributed by atoms with Gasteiger partial charge >= 0.3 is 0 Å². The average molecular weight is 306 g/mol. The highest BCUT2D eigenvalue weighted by molar-refractivity contribution is 5.94. The Morgan fingerprint density at radius 3 is 2.82 bits per heavy atom. The van der Waals surface area contributed by atoms with Gasteiger partial charge in [0.15, 0.2) is 0 Å². The smallest absolute Gasteiger partial charge is 0.254 e. The molecule has 1 aliphatic rings. The van der Waals surface area contributed by atoms with E-state index in [0.29, 0.717) is 18.7 Å². The molecule has 22 heavy (non-hydrogen) atoms.